The quantitative estimate of drug-likeness (QED) is 0.0531. The van der Waals surface area contributed by atoms with Crippen molar-refractivity contribution in [3.05, 3.63) is 0 Å². The SMILES string of the molecule is CCCCCCCCCCCCCCCCCC(=O)OC(CCCCC)CCCCCCCCCCCCCCCCCC(=O)O. The van der Waals surface area contributed by atoms with E-state index < -0.39 is 5.97 Å². The van der Waals surface area contributed by atoms with Crippen LogP contribution in [0.4, 0.5) is 0 Å². The molecule has 0 heterocycles. The van der Waals surface area contributed by atoms with E-state index in [2.05, 4.69) is 13.8 Å². The van der Waals surface area contributed by atoms with Crippen LogP contribution < -0.4 is 0 Å². The summed E-state index contributed by atoms with van der Waals surface area (Å²) in [5.41, 5.74) is 0. The standard InChI is InChI=1S/C42H82O4/c1-3-5-7-8-9-10-11-12-14-19-22-25-28-31-35-39-42(45)46-40(36-32-6-4-2)37-33-29-26-23-20-17-15-13-16-18-21-24-27-30-34-38-41(43)44/h40H,3-39H2,1-2H3,(H,43,44). The van der Waals surface area contributed by atoms with E-state index in [0.29, 0.717) is 12.8 Å². The second-order valence-corrected chi connectivity index (χ2v) is 14.5. The third-order valence-electron chi connectivity index (χ3n) is 9.83. The number of esters is 1. The first-order valence-corrected chi connectivity index (χ1v) is 21.0. The maximum atomic E-state index is 12.6. The van der Waals surface area contributed by atoms with Crippen LogP contribution in [0, 0.1) is 0 Å². The number of unbranched alkanes of at least 4 members (excludes halogenated alkanes) is 30. The van der Waals surface area contributed by atoms with Gasteiger partial charge in [-0.05, 0) is 38.5 Å². The summed E-state index contributed by atoms with van der Waals surface area (Å²) in [6, 6.07) is 0. The first-order chi connectivity index (χ1) is 22.6. The second-order valence-electron chi connectivity index (χ2n) is 14.5. The van der Waals surface area contributed by atoms with Gasteiger partial charge in [-0.15, -0.1) is 0 Å². The van der Waals surface area contributed by atoms with Crippen molar-refractivity contribution in [2.75, 3.05) is 0 Å². The van der Waals surface area contributed by atoms with Gasteiger partial charge in [-0.2, -0.15) is 0 Å². The summed E-state index contributed by atoms with van der Waals surface area (Å²) < 4.78 is 5.99. The number of hydrogen-bond donors (Lipinski definition) is 1. The molecule has 0 aromatic heterocycles. The summed E-state index contributed by atoms with van der Waals surface area (Å²) in [6.07, 6.45) is 46.0. The Hall–Kier alpha value is -1.06. The lowest BCUT2D eigenvalue weighted by Crippen LogP contribution is -2.18. The van der Waals surface area contributed by atoms with Gasteiger partial charge in [0.05, 0.1) is 0 Å². The Labute approximate surface area is 288 Å². The molecule has 0 aliphatic carbocycles. The molecule has 0 fully saturated rings. The molecule has 0 bridgehead atoms. The zero-order valence-corrected chi connectivity index (χ0v) is 31.4. The largest absolute Gasteiger partial charge is 0.481 e. The maximum Gasteiger partial charge on any atom is 0.306 e. The monoisotopic (exact) mass is 651 g/mol. The van der Waals surface area contributed by atoms with Gasteiger partial charge in [-0.1, -0.05) is 200 Å². The van der Waals surface area contributed by atoms with E-state index in [-0.39, 0.29) is 12.1 Å². The Kier molecular flexibility index (Phi) is 37.5. The first kappa shape index (κ1) is 44.9. The van der Waals surface area contributed by atoms with Crippen LogP contribution in [0.2, 0.25) is 0 Å². The molecule has 1 unspecified atom stereocenters. The smallest absolute Gasteiger partial charge is 0.306 e. The molecule has 4 nitrogen and oxygen atoms in total. The van der Waals surface area contributed by atoms with Crippen molar-refractivity contribution >= 4 is 11.9 Å². The molecule has 0 saturated heterocycles. The summed E-state index contributed by atoms with van der Waals surface area (Å²) in [6.45, 7) is 4.53. The molecule has 274 valence electrons. The second kappa shape index (κ2) is 38.4. The van der Waals surface area contributed by atoms with Crippen LogP contribution in [0.1, 0.15) is 251 Å². The minimum absolute atomic E-state index is 0.0481. The Bertz CT molecular complexity index is 619. The van der Waals surface area contributed by atoms with Gasteiger partial charge in [-0.25, -0.2) is 0 Å². The molecule has 0 radical (unpaired) electrons. The highest BCUT2D eigenvalue weighted by Crippen LogP contribution is 2.19. The van der Waals surface area contributed by atoms with E-state index in [1.807, 2.05) is 0 Å². The number of hydrogen-bond acceptors (Lipinski definition) is 3. The van der Waals surface area contributed by atoms with E-state index in [1.54, 1.807) is 0 Å². The summed E-state index contributed by atoms with van der Waals surface area (Å²) >= 11 is 0. The summed E-state index contributed by atoms with van der Waals surface area (Å²) in [4.78, 5) is 23.1. The van der Waals surface area contributed by atoms with E-state index in [4.69, 9.17) is 9.84 Å². The average molecular weight is 651 g/mol. The number of rotatable bonds is 39. The topological polar surface area (TPSA) is 63.6 Å². The van der Waals surface area contributed by atoms with E-state index in [0.717, 1.165) is 32.1 Å². The number of carbonyl (C=O) groups is 2. The van der Waals surface area contributed by atoms with Crippen molar-refractivity contribution in [2.24, 2.45) is 0 Å². The van der Waals surface area contributed by atoms with E-state index in [1.165, 1.54) is 193 Å². The van der Waals surface area contributed by atoms with Gasteiger partial charge >= 0.3 is 11.9 Å². The van der Waals surface area contributed by atoms with Crippen molar-refractivity contribution in [3.63, 3.8) is 0 Å². The molecule has 0 aromatic carbocycles. The number of ether oxygens (including phenoxy) is 1. The molecule has 1 atom stereocenters. The Balaban J connectivity index is 3.65. The lowest BCUT2D eigenvalue weighted by molar-refractivity contribution is -0.150. The van der Waals surface area contributed by atoms with Gasteiger partial charge in [0.1, 0.15) is 6.10 Å². The minimum atomic E-state index is -0.662. The number of carbonyl (C=O) groups excluding carboxylic acids is 1. The van der Waals surface area contributed by atoms with Crippen molar-refractivity contribution in [3.8, 4) is 0 Å². The molecule has 0 aliphatic rings. The minimum Gasteiger partial charge on any atom is -0.481 e. The van der Waals surface area contributed by atoms with Crippen LogP contribution in [0.5, 0.6) is 0 Å². The van der Waals surface area contributed by atoms with Crippen molar-refractivity contribution in [1.29, 1.82) is 0 Å². The zero-order chi connectivity index (χ0) is 33.6. The fourth-order valence-corrected chi connectivity index (χ4v) is 6.72. The molecule has 4 heteroatoms. The van der Waals surface area contributed by atoms with Crippen LogP contribution in [0.3, 0.4) is 0 Å². The fourth-order valence-electron chi connectivity index (χ4n) is 6.72. The summed E-state index contributed by atoms with van der Waals surface area (Å²) in [7, 11) is 0. The highest BCUT2D eigenvalue weighted by atomic mass is 16.5. The van der Waals surface area contributed by atoms with Crippen LogP contribution in [-0.4, -0.2) is 23.1 Å². The normalized spacial score (nSPS) is 12.0. The molecule has 0 amide bonds. The highest BCUT2D eigenvalue weighted by molar-refractivity contribution is 5.69. The van der Waals surface area contributed by atoms with Crippen molar-refractivity contribution < 1.29 is 19.4 Å². The number of carboxylic acid groups (broad SMARTS) is 1. The van der Waals surface area contributed by atoms with E-state index in [9.17, 15) is 9.59 Å². The van der Waals surface area contributed by atoms with Gasteiger partial charge < -0.3 is 9.84 Å². The Morgan fingerprint density at radius 1 is 0.391 bits per heavy atom. The van der Waals surface area contributed by atoms with Crippen molar-refractivity contribution in [1.82, 2.24) is 0 Å². The van der Waals surface area contributed by atoms with E-state index >= 15 is 0 Å². The highest BCUT2D eigenvalue weighted by Gasteiger charge is 2.14. The molecular weight excluding hydrogens is 568 g/mol. The average Bonchev–Trinajstić information content (AvgIpc) is 3.04. The third-order valence-corrected chi connectivity index (χ3v) is 9.83. The van der Waals surface area contributed by atoms with Crippen LogP contribution >= 0.6 is 0 Å². The van der Waals surface area contributed by atoms with Crippen LogP contribution in [-0.2, 0) is 14.3 Å². The van der Waals surface area contributed by atoms with Gasteiger partial charge in [0.25, 0.3) is 0 Å². The lowest BCUT2D eigenvalue weighted by atomic mass is 10.0. The summed E-state index contributed by atoms with van der Waals surface area (Å²) in [5, 5.41) is 8.67. The molecule has 1 N–H and O–H groups in total. The predicted molar refractivity (Wildman–Crippen MR) is 200 cm³/mol. The molecule has 0 aromatic rings. The maximum absolute atomic E-state index is 12.6. The van der Waals surface area contributed by atoms with Gasteiger partial charge in [-0.3, -0.25) is 9.59 Å². The lowest BCUT2D eigenvalue weighted by Gasteiger charge is -2.18. The Morgan fingerprint density at radius 3 is 1.00 bits per heavy atom. The predicted octanol–water partition coefficient (Wildman–Crippen LogP) is 14.5. The number of aliphatic carboxylic acids is 1. The molecule has 0 rings (SSSR count). The van der Waals surface area contributed by atoms with Gasteiger partial charge in [0, 0.05) is 12.8 Å². The first-order valence-electron chi connectivity index (χ1n) is 21.0. The number of carboxylic acids is 1. The molecule has 0 aliphatic heterocycles. The Morgan fingerprint density at radius 2 is 0.652 bits per heavy atom. The zero-order valence-electron chi connectivity index (χ0n) is 31.4. The molecule has 0 saturated carbocycles. The third kappa shape index (κ3) is 37.4. The molecular formula is C42H82O4. The van der Waals surface area contributed by atoms with Crippen LogP contribution in [0.15, 0.2) is 0 Å². The molecule has 46 heavy (non-hydrogen) atoms. The fraction of sp³-hybridized carbons (Fsp3) is 0.952. The van der Waals surface area contributed by atoms with Gasteiger partial charge in [0.15, 0.2) is 0 Å². The van der Waals surface area contributed by atoms with Gasteiger partial charge in [0.2, 0.25) is 0 Å². The van der Waals surface area contributed by atoms with Crippen LogP contribution in [0.25, 0.3) is 0 Å². The molecule has 0 spiro atoms. The summed E-state index contributed by atoms with van der Waals surface area (Å²) in [5.74, 6) is -0.614. The van der Waals surface area contributed by atoms with Crippen molar-refractivity contribution in [2.45, 2.75) is 258 Å².